The van der Waals surface area contributed by atoms with Crippen LogP contribution in [0.2, 0.25) is 0 Å². The van der Waals surface area contributed by atoms with Gasteiger partial charge in [0.1, 0.15) is 5.82 Å². The van der Waals surface area contributed by atoms with Gasteiger partial charge in [-0.3, -0.25) is 0 Å². The predicted octanol–water partition coefficient (Wildman–Crippen LogP) is 6.97. The zero-order valence-electron chi connectivity index (χ0n) is 18.9. The van der Waals surface area contributed by atoms with Gasteiger partial charge < -0.3 is 4.74 Å². The minimum Gasteiger partial charge on any atom is -0.402 e. The molecule has 0 aliphatic carbocycles. The largest absolute Gasteiger partial charge is 0.402 e. The number of aromatic nitrogens is 2. The molecule has 0 atom stereocenters. The Kier molecular flexibility index (Phi) is 8.90. The zero-order valence-corrected chi connectivity index (χ0v) is 18.9. The summed E-state index contributed by atoms with van der Waals surface area (Å²) in [5, 5.41) is 0. The number of halogens is 1. The second kappa shape index (κ2) is 12.1. The van der Waals surface area contributed by atoms with E-state index >= 15 is 0 Å². The number of benzene rings is 2. The third kappa shape index (κ3) is 6.71. The smallest absolute Gasteiger partial charge is 0.347 e. The summed E-state index contributed by atoms with van der Waals surface area (Å²) in [5.74, 6) is -1.30. The summed E-state index contributed by atoms with van der Waals surface area (Å²) in [6, 6.07) is 12.9. The first-order valence-corrected chi connectivity index (χ1v) is 11.5. The second-order valence-electron chi connectivity index (χ2n) is 8.05. The van der Waals surface area contributed by atoms with Gasteiger partial charge in [-0.05, 0) is 42.5 Å². The molecule has 0 fully saturated rings. The Morgan fingerprint density at radius 1 is 0.844 bits per heavy atom. The fourth-order valence-corrected chi connectivity index (χ4v) is 3.61. The first kappa shape index (κ1) is 23.6. The van der Waals surface area contributed by atoms with Gasteiger partial charge in [0.05, 0.1) is 23.7 Å². The van der Waals surface area contributed by atoms with Crippen LogP contribution in [0.4, 0.5) is 4.39 Å². The number of hydrogen-bond donors (Lipinski definition) is 0. The molecular weight excluding hydrogens is 403 g/mol. The van der Waals surface area contributed by atoms with Crippen LogP contribution in [0, 0.1) is 5.82 Å². The number of aryl methyl sites for hydroxylation is 2. The van der Waals surface area contributed by atoms with Crippen molar-refractivity contribution in [1.82, 2.24) is 9.97 Å². The summed E-state index contributed by atoms with van der Waals surface area (Å²) in [6.07, 6.45) is 11.7. The third-order valence-corrected chi connectivity index (χ3v) is 5.44. The number of unbranched alkanes of at least 4 members (excludes halogenated alkanes) is 4. The minimum atomic E-state index is -0.775. The summed E-state index contributed by atoms with van der Waals surface area (Å²) < 4.78 is 19.7. The maximum atomic E-state index is 14.5. The van der Waals surface area contributed by atoms with Gasteiger partial charge in [0.25, 0.3) is 0 Å². The van der Waals surface area contributed by atoms with E-state index in [4.69, 9.17) is 4.74 Å². The van der Waals surface area contributed by atoms with Gasteiger partial charge in [-0.2, -0.15) is 0 Å². The van der Waals surface area contributed by atoms with Gasteiger partial charge in [-0.1, -0.05) is 76.3 Å². The van der Waals surface area contributed by atoms with Crippen molar-refractivity contribution in [1.29, 1.82) is 0 Å². The van der Waals surface area contributed by atoms with Crippen LogP contribution in [0.15, 0.2) is 54.9 Å². The molecule has 3 aromatic rings. The Morgan fingerprint density at radius 3 is 2.25 bits per heavy atom. The van der Waals surface area contributed by atoms with E-state index in [1.165, 1.54) is 43.2 Å². The highest BCUT2D eigenvalue weighted by Crippen LogP contribution is 2.20. The van der Waals surface area contributed by atoms with Crippen molar-refractivity contribution in [3.63, 3.8) is 0 Å². The van der Waals surface area contributed by atoms with E-state index in [0.717, 1.165) is 43.2 Å². The molecule has 168 valence electrons. The average Bonchev–Trinajstić information content (AvgIpc) is 2.80. The Balaban J connectivity index is 1.58. The molecular formula is C27H31FN2O2. The number of esters is 1. The number of carbonyl (C=O) groups excluding carboxylic acids is 1. The van der Waals surface area contributed by atoms with Crippen molar-refractivity contribution in [3.8, 4) is 17.1 Å². The standard InChI is InChI=1S/C27H31FN2O2/c1-3-5-6-7-8-10-21-13-16-23(24(28)17-21)27(31)32-26-19-29-25(18-30-26)22-14-11-20(9-4-2)12-15-22/h11-19H,3-10H2,1-2H3. The molecule has 3 rings (SSSR count). The highest BCUT2D eigenvalue weighted by molar-refractivity contribution is 5.91. The van der Waals surface area contributed by atoms with Crippen LogP contribution >= 0.6 is 0 Å². The topological polar surface area (TPSA) is 52.1 Å². The van der Waals surface area contributed by atoms with E-state index in [1.807, 2.05) is 12.1 Å². The van der Waals surface area contributed by atoms with E-state index in [9.17, 15) is 9.18 Å². The molecule has 0 spiro atoms. The molecule has 0 radical (unpaired) electrons. The Hall–Kier alpha value is -3.08. The van der Waals surface area contributed by atoms with Crippen molar-refractivity contribution in [2.75, 3.05) is 0 Å². The lowest BCUT2D eigenvalue weighted by molar-refractivity contribution is 0.0722. The lowest BCUT2D eigenvalue weighted by atomic mass is 10.0. The Morgan fingerprint density at radius 2 is 1.59 bits per heavy atom. The fraction of sp³-hybridized carbons (Fsp3) is 0.370. The van der Waals surface area contributed by atoms with E-state index in [-0.39, 0.29) is 11.4 Å². The van der Waals surface area contributed by atoms with Crippen LogP contribution < -0.4 is 4.74 Å². The quantitative estimate of drug-likeness (QED) is 0.242. The molecule has 0 amide bonds. The van der Waals surface area contributed by atoms with Gasteiger partial charge in [0.2, 0.25) is 5.88 Å². The molecule has 2 aromatic carbocycles. The number of carbonyl (C=O) groups is 1. The third-order valence-electron chi connectivity index (χ3n) is 5.44. The van der Waals surface area contributed by atoms with Crippen LogP contribution in [0.5, 0.6) is 5.88 Å². The van der Waals surface area contributed by atoms with Crippen LogP contribution in [-0.4, -0.2) is 15.9 Å². The summed E-state index contributed by atoms with van der Waals surface area (Å²) in [7, 11) is 0. The number of rotatable bonds is 11. The predicted molar refractivity (Wildman–Crippen MR) is 125 cm³/mol. The Labute approximate surface area is 189 Å². The van der Waals surface area contributed by atoms with Crippen molar-refractivity contribution < 1.29 is 13.9 Å². The molecule has 0 unspecified atom stereocenters. The second-order valence-corrected chi connectivity index (χ2v) is 8.05. The molecule has 0 N–H and O–H groups in total. The van der Waals surface area contributed by atoms with Crippen molar-refractivity contribution >= 4 is 5.97 Å². The molecule has 5 heteroatoms. The van der Waals surface area contributed by atoms with Crippen molar-refractivity contribution in [2.24, 2.45) is 0 Å². The fourth-order valence-electron chi connectivity index (χ4n) is 3.61. The maximum absolute atomic E-state index is 14.5. The van der Waals surface area contributed by atoms with Gasteiger partial charge in [-0.15, -0.1) is 0 Å². The molecule has 4 nitrogen and oxygen atoms in total. The van der Waals surface area contributed by atoms with E-state index in [2.05, 4.69) is 35.9 Å². The molecule has 0 aliphatic rings. The van der Waals surface area contributed by atoms with E-state index in [0.29, 0.717) is 5.69 Å². The highest BCUT2D eigenvalue weighted by atomic mass is 19.1. The first-order valence-electron chi connectivity index (χ1n) is 11.5. The molecule has 1 heterocycles. The van der Waals surface area contributed by atoms with Gasteiger partial charge >= 0.3 is 5.97 Å². The van der Waals surface area contributed by atoms with Crippen LogP contribution in [0.3, 0.4) is 0 Å². The number of hydrogen-bond acceptors (Lipinski definition) is 4. The molecule has 32 heavy (non-hydrogen) atoms. The molecule has 0 saturated carbocycles. The Bertz CT molecular complexity index is 1000. The van der Waals surface area contributed by atoms with Crippen LogP contribution in [0.1, 0.15) is 73.9 Å². The molecule has 0 aliphatic heterocycles. The van der Waals surface area contributed by atoms with Crippen LogP contribution in [-0.2, 0) is 12.8 Å². The average molecular weight is 435 g/mol. The SMILES string of the molecule is CCCCCCCc1ccc(C(=O)Oc2cnc(-c3ccc(CCC)cc3)cn2)c(F)c1. The van der Waals surface area contributed by atoms with Gasteiger partial charge in [0, 0.05) is 5.56 Å². The summed E-state index contributed by atoms with van der Waals surface area (Å²) in [4.78, 5) is 20.9. The van der Waals surface area contributed by atoms with Crippen molar-refractivity contribution in [2.45, 2.75) is 65.2 Å². The minimum absolute atomic E-state index is 0.0424. The molecule has 0 saturated heterocycles. The van der Waals surface area contributed by atoms with Crippen molar-refractivity contribution in [3.05, 3.63) is 77.4 Å². The van der Waals surface area contributed by atoms with E-state index in [1.54, 1.807) is 12.3 Å². The normalized spacial score (nSPS) is 10.8. The van der Waals surface area contributed by atoms with E-state index < -0.39 is 11.8 Å². The lowest BCUT2D eigenvalue weighted by Crippen LogP contribution is -2.12. The molecule has 0 bridgehead atoms. The zero-order chi connectivity index (χ0) is 22.8. The first-order chi connectivity index (χ1) is 15.6. The highest BCUT2D eigenvalue weighted by Gasteiger charge is 2.16. The monoisotopic (exact) mass is 434 g/mol. The van der Waals surface area contributed by atoms with Gasteiger partial charge in [-0.25, -0.2) is 19.2 Å². The van der Waals surface area contributed by atoms with Crippen LogP contribution in [0.25, 0.3) is 11.3 Å². The molecule has 1 aromatic heterocycles. The number of ether oxygens (including phenoxy) is 1. The maximum Gasteiger partial charge on any atom is 0.347 e. The van der Waals surface area contributed by atoms with Gasteiger partial charge in [0.15, 0.2) is 0 Å². The summed E-state index contributed by atoms with van der Waals surface area (Å²) >= 11 is 0. The lowest BCUT2D eigenvalue weighted by Gasteiger charge is -2.07. The summed E-state index contributed by atoms with van der Waals surface area (Å²) in [6.45, 7) is 4.33. The summed E-state index contributed by atoms with van der Waals surface area (Å²) in [5.41, 5.74) is 3.69. The number of nitrogens with zero attached hydrogens (tertiary/aromatic N) is 2.